The van der Waals surface area contributed by atoms with Gasteiger partial charge in [-0.15, -0.1) is 0 Å². The summed E-state index contributed by atoms with van der Waals surface area (Å²) in [7, 11) is -2.83. The second-order valence-corrected chi connectivity index (χ2v) is 10.3. The third-order valence-electron chi connectivity index (χ3n) is 5.30. The molecule has 7 nitrogen and oxygen atoms in total. The van der Waals surface area contributed by atoms with Gasteiger partial charge in [0.2, 0.25) is 0 Å². The number of ether oxygens (including phenoxy) is 1. The lowest BCUT2D eigenvalue weighted by atomic mass is 10.1. The number of aliphatic imine (C=N–C) groups is 1. The number of benzene rings is 1. The summed E-state index contributed by atoms with van der Waals surface area (Å²) in [6.07, 6.45) is 2.55. The minimum Gasteiger partial charge on any atom is -0.493 e. The molecule has 0 bridgehead atoms. The predicted molar refractivity (Wildman–Crippen MR) is 117 cm³/mol. The van der Waals surface area contributed by atoms with Crippen LogP contribution in [-0.2, 0) is 16.4 Å². The minimum atomic E-state index is -2.83. The van der Waals surface area contributed by atoms with Crippen LogP contribution < -0.4 is 15.4 Å². The summed E-state index contributed by atoms with van der Waals surface area (Å²) >= 11 is 0. The van der Waals surface area contributed by atoms with Gasteiger partial charge < -0.3 is 15.4 Å². The van der Waals surface area contributed by atoms with Crippen LogP contribution >= 0.6 is 0 Å². The van der Waals surface area contributed by atoms with Crippen molar-refractivity contribution in [2.75, 3.05) is 50.8 Å². The first-order chi connectivity index (χ1) is 13.9. The normalized spacial score (nSPS) is 19.7. The van der Waals surface area contributed by atoms with Crippen molar-refractivity contribution in [2.24, 2.45) is 10.9 Å². The van der Waals surface area contributed by atoms with Gasteiger partial charge in [-0.2, -0.15) is 0 Å². The van der Waals surface area contributed by atoms with Crippen molar-refractivity contribution in [3.05, 3.63) is 29.3 Å². The van der Waals surface area contributed by atoms with Gasteiger partial charge in [0.05, 0.1) is 24.7 Å². The Kier molecular flexibility index (Phi) is 7.77. The van der Waals surface area contributed by atoms with E-state index in [0.717, 1.165) is 49.4 Å². The van der Waals surface area contributed by atoms with Gasteiger partial charge in [-0.3, -0.25) is 4.90 Å². The Morgan fingerprint density at radius 1 is 1.24 bits per heavy atom. The molecule has 1 aromatic rings. The highest BCUT2D eigenvalue weighted by Crippen LogP contribution is 2.30. The zero-order valence-corrected chi connectivity index (χ0v) is 18.4. The minimum absolute atomic E-state index is 0.262. The van der Waals surface area contributed by atoms with Crippen LogP contribution in [0.1, 0.15) is 30.9 Å². The van der Waals surface area contributed by atoms with Crippen LogP contribution in [0.4, 0.5) is 0 Å². The molecule has 0 radical (unpaired) electrons. The summed E-state index contributed by atoms with van der Waals surface area (Å²) in [4.78, 5) is 6.90. The molecular formula is C21H34N4O3S. The fourth-order valence-corrected chi connectivity index (χ4v) is 4.51. The lowest BCUT2D eigenvalue weighted by Gasteiger charge is -2.26. The molecule has 1 saturated carbocycles. The standard InChI is InChI=1S/C21H34N4O3S/c1-3-22-21(23-8-9-25-10-12-29(26,27)13-11-25)24-15-19-7-4-17(2)14-20(19)28-16-18-5-6-18/h4,7,14,18H,3,5-6,8-13,15-16H2,1-2H3,(H2,22,23,24). The van der Waals surface area contributed by atoms with Gasteiger partial charge in [-0.1, -0.05) is 12.1 Å². The summed E-state index contributed by atoms with van der Waals surface area (Å²) in [5.41, 5.74) is 2.28. The third-order valence-corrected chi connectivity index (χ3v) is 6.91. The maximum Gasteiger partial charge on any atom is 0.191 e. The predicted octanol–water partition coefficient (Wildman–Crippen LogP) is 1.57. The molecule has 2 fully saturated rings. The van der Waals surface area contributed by atoms with E-state index in [2.05, 4.69) is 40.7 Å². The fourth-order valence-electron chi connectivity index (χ4n) is 3.23. The van der Waals surface area contributed by atoms with Crippen LogP contribution in [0.25, 0.3) is 0 Å². The second kappa shape index (κ2) is 10.3. The molecule has 1 aromatic carbocycles. The summed E-state index contributed by atoms with van der Waals surface area (Å²) < 4.78 is 29.1. The Bertz CT molecular complexity index is 792. The van der Waals surface area contributed by atoms with Gasteiger partial charge >= 0.3 is 0 Å². The van der Waals surface area contributed by atoms with Crippen molar-refractivity contribution in [1.29, 1.82) is 0 Å². The summed E-state index contributed by atoms with van der Waals surface area (Å²) in [5.74, 6) is 2.95. The molecule has 3 rings (SSSR count). The fraction of sp³-hybridized carbons (Fsp3) is 0.667. The molecule has 0 amide bonds. The van der Waals surface area contributed by atoms with Crippen molar-refractivity contribution >= 4 is 15.8 Å². The lowest BCUT2D eigenvalue weighted by Crippen LogP contribution is -2.45. The highest BCUT2D eigenvalue weighted by molar-refractivity contribution is 7.91. The Morgan fingerprint density at radius 2 is 2.00 bits per heavy atom. The van der Waals surface area contributed by atoms with Crippen molar-refractivity contribution < 1.29 is 13.2 Å². The van der Waals surface area contributed by atoms with E-state index in [1.807, 2.05) is 6.92 Å². The molecule has 162 valence electrons. The van der Waals surface area contributed by atoms with Gasteiger partial charge in [0.1, 0.15) is 5.75 Å². The maximum absolute atomic E-state index is 11.5. The van der Waals surface area contributed by atoms with E-state index in [0.29, 0.717) is 19.6 Å². The third kappa shape index (κ3) is 7.51. The Morgan fingerprint density at radius 3 is 2.69 bits per heavy atom. The number of sulfone groups is 1. The second-order valence-electron chi connectivity index (χ2n) is 7.98. The molecule has 1 aliphatic heterocycles. The molecule has 1 saturated heterocycles. The van der Waals surface area contributed by atoms with Crippen molar-refractivity contribution in [3.8, 4) is 5.75 Å². The molecule has 1 heterocycles. The number of rotatable bonds is 9. The number of hydrogen-bond acceptors (Lipinski definition) is 5. The number of hydrogen-bond donors (Lipinski definition) is 2. The first-order valence-electron chi connectivity index (χ1n) is 10.6. The molecule has 0 aromatic heterocycles. The lowest BCUT2D eigenvalue weighted by molar-refractivity contribution is 0.296. The van der Waals surface area contributed by atoms with Crippen LogP contribution in [0.15, 0.2) is 23.2 Å². The number of guanidine groups is 1. The molecule has 0 unspecified atom stereocenters. The smallest absolute Gasteiger partial charge is 0.191 e. The Balaban J connectivity index is 1.52. The average molecular weight is 423 g/mol. The molecule has 0 spiro atoms. The zero-order valence-electron chi connectivity index (χ0n) is 17.6. The van der Waals surface area contributed by atoms with Crippen LogP contribution in [0.5, 0.6) is 5.75 Å². The molecule has 1 aliphatic carbocycles. The van der Waals surface area contributed by atoms with Gasteiger partial charge in [-0.25, -0.2) is 13.4 Å². The van der Waals surface area contributed by atoms with Gasteiger partial charge in [-0.05, 0) is 44.2 Å². The van der Waals surface area contributed by atoms with Crippen LogP contribution in [0.2, 0.25) is 0 Å². The first kappa shape index (κ1) is 21.9. The number of aryl methyl sites for hydroxylation is 1. The van der Waals surface area contributed by atoms with E-state index in [1.165, 1.54) is 18.4 Å². The van der Waals surface area contributed by atoms with Crippen LogP contribution in [-0.4, -0.2) is 70.1 Å². The van der Waals surface area contributed by atoms with E-state index in [1.54, 1.807) is 0 Å². The highest BCUT2D eigenvalue weighted by Gasteiger charge is 2.22. The average Bonchev–Trinajstić information content (AvgIpc) is 3.51. The van der Waals surface area contributed by atoms with Crippen molar-refractivity contribution in [2.45, 2.75) is 33.2 Å². The molecular weight excluding hydrogens is 388 g/mol. The Hall–Kier alpha value is -1.80. The van der Waals surface area contributed by atoms with Gasteiger partial charge in [0, 0.05) is 38.3 Å². The number of nitrogens with zero attached hydrogens (tertiary/aromatic N) is 2. The Labute approximate surface area is 174 Å². The van der Waals surface area contributed by atoms with E-state index in [9.17, 15) is 8.42 Å². The highest BCUT2D eigenvalue weighted by atomic mass is 32.2. The van der Waals surface area contributed by atoms with E-state index >= 15 is 0 Å². The van der Waals surface area contributed by atoms with Crippen LogP contribution in [0, 0.1) is 12.8 Å². The molecule has 0 atom stereocenters. The first-order valence-corrected chi connectivity index (χ1v) is 12.4. The summed E-state index contributed by atoms with van der Waals surface area (Å²) in [5, 5.41) is 6.64. The molecule has 8 heteroatoms. The van der Waals surface area contributed by atoms with Crippen molar-refractivity contribution in [1.82, 2.24) is 15.5 Å². The number of nitrogens with one attached hydrogen (secondary N) is 2. The molecule has 2 aliphatic rings. The topological polar surface area (TPSA) is 83.0 Å². The van der Waals surface area contributed by atoms with Gasteiger partial charge in [0.25, 0.3) is 0 Å². The van der Waals surface area contributed by atoms with E-state index in [4.69, 9.17) is 9.73 Å². The van der Waals surface area contributed by atoms with Crippen LogP contribution in [0.3, 0.4) is 0 Å². The zero-order chi connectivity index (χ0) is 20.7. The molecule has 2 N–H and O–H groups in total. The van der Waals surface area contributed by atoms with E-state index in [-0.39, 0.29) is 11.5 Å². The van der Waals surface area contributed by atoms with E-state index < -0.39 is 9.84 Å². The SMILES string of the molecule is CCNC(=NCc1ccc(C)cc1OCC1CC1)NCCN1CCS(=O)(=O)CC1. The maximum atomic E-state index is 11.5. The summed E-state index contributed by atoms with van der Waals surface area (Å²) in [6.45, 7) is 9.02. The molecule has 29 heavy (non-hydrogen) atoms. The van der Waals surface area contributed by atoms with Gasteiger partial charge in [0.15, 0.2) is 15.8 Å². The summed E-state index contributed by atoms with van der Waals surface area (Å²) in [6, 6.07) is 6.29. The monoisotopic (exact) mass is 422 g/mol. The van der Waals surface area contributed by atoms with Crippen molar-refractivity contribution in [3.63, 3.8) is 0 Å². The largest absolute Gasteiger partial charge is 0.493 e. The quantitative estimate of drug-likeness (QED) is 0.464.